The molecular formula is C17H26Cl2N6O. The Morgan fingerprint density at radius 1 is 1.15 bits per heavy atom. The zero-order valence-electron chi connectivity index (χ0n) is 15.0. The van der Waals surface area contributed by atoms with E-state index in [0.29, 0.717) is 36.1 Å². The molecule has 4 rings (SSSR count). The summed E-state index contributed by atoms with van der Waals surface area (Å²) in [6, 6.07) is 2.37. The molecule has 144 valence electrons. The average Bonchev–Trinajstić information content (AvgIpc) is 3.27. The molecule has 2 aliphatic rings. The minimum Gasteiger partial charge on any atom is -0.363 e. The SMILES string of the molecule is CC(C)c1nc(CNc2cc(C3CC(N)C3)nc(C3CC3)n2)no1.Cl.Cl. The molecule has 3 N–H and O–H groups in total. The zero-order valence-corrected chi connectivity index (χ0v) is 16.6. The standard InChI is InChI=1S/C17H24N6O.2ClH/c1-9(2)17-22-15(23-24-17)8-19-14-7-13(11-5-12(18)6-11)20-16(21-14)10-3-4-10;;/h7,9-12H,3-6,8,18H2,1-2H3,(H,19,20,21);2*1H. The predicted octanol–water partition coefficient (Wildman–Crippen LogP) is 3.52. The second-order valence-corrected chi connectivity index (χ2v) is 7.30. The highest BCUT2D eigenvalue weighted by Crippen LogP contribution is 2.41. The number of hydrogen-bond acceptors (Lipinski definition) is 7. The van der Waals surface area contributed by atoms with Gasteiger partial charge in [-0.2, -0.15) is 4.98 Å². The van der Waals surface area contributed by atoms with Gasteiger partial charge < -0.3 is 15.6 Å². The average molecular weight is 401 g/mol. The normalized spacial score (nSPS) is 21.5. The van der Waals surface area contributed by atoms with Crippen molar-refractivity contribution in [2.75, 3.05) is 5.32 Å². The highest BCUT2D eigenvalue weighted by molar-refractivity contribution is 5.85. The number of nitrogens with zero attached hydrogens (tertiary/aromatic N) is 4. The number of nitrogens with one attached hydrogen (secondary N) is 1. The quantitative estimate of drug-likeness (QED) is 0.763. The lowest BCUT2D eigenvalue weighted by atomic mass is 9.78. The molecule has 2 aromatic heterocycles. The summed E-state index contributed by atoms with van der Waals surface area (Å²) in [5, 5.41) is 7.33. The summed E-state index contributed by atoms with van der Waals surface area (Å²) in [5.41, 5.74) is 7.05. The third-order valence-electron chi connectivity index (χ3n) is 4.70. The molecule has 0 aromatic carbocycles. The van der Waals surface area contributed by atoms with Crippen LogP contribution in [0.1, 0.15) is 80.5 Å². The summed E-state index contributed by atoms with van der Waals surface area (Å²) < 4.78 is 5.24. The van der Waals surface area contributed by atoms with E-state index in [9.17, 15) is 0 Å². The molecule has 0 unspecified atom stereocenters. The van der Waals surface area contributed by atoms with Crippen molar-refractivity contribution < 1.29 is 4.52 Å². The van der Waals surface area contributed by atoms with Crippen molar-refractivity contribution in [2.45, 2.75) is 69.9 Å². The first kappa shape index (κ1) is 20.9. The minimum absolute atomic E-state index is 0. The molecule has 0 bridgehead atoms. The predicted molar refractivity (Wildman–Crippen MR) is 104 cm³/mol. The van der Waals surface area contributed by atoms with Gasteiger partial charge in [-0.3, -0.25) is 0 Å². The Morgan fingerprint density at radius 2 is 1.88 bits per heavy atom. The monoisotopic (exact) mass is 400 g/mol. The van der Waals surface area contributed by atoms with Crippen molar-refractivity contribution in [1.29, 1.82) is 0 Å². The third-order valence-corrected chi connectivity index (χ3v) is 4.70. The van der Waals surface area contributed by atoms with Crippen LogP contribution in [0.2, 0.25) is 0 Å². The lowest BCUT2D eigenvalue weighted by molar-refractivity contribution is 0.344. The van der Waals surface area contributed by atoms with Crippen LogP contribution < -0.4 is 11.1 Å². The summed E-state index contributed by atoms with van der Waals surface area (Å²) >= 11 is 0. The van der Waals surface area contributed by atoms with Gasteiger partial charge in [-0.25, -0.2) is 9.97 Å². The molecule has 0 spiro atoms. The van der Waals surface area contributed by atoms with E-state index < -0.39 is 0 Å². The van der Waals surface area contributed by atoms with Gasteiger partial charge in [0, 0.05) is 35.6 Å². The fourth-order valence-corrected chi connectivity index (χ4v) is 2.96. The van der Waals surface area contributed by atoms with Gasteiger partial charge in [0.15, 0.2) is 5.82 Å². The topological polar surface area (TPSA) is 103 Å². The van der Waals surface area contributed by atoms with Gasteiger partial charge in [0.05, 0.1) is 6.54 Å². The van der Waals surface area contributed by atoms with Gasteiger partial charge in [-0.05, 0) is 25.7 Å². The number of rotatable bonds is 6. The van der Waals surface area contributed by atoms with E-state index in [4.69, 9.17) is 15.2 Å². The van der Waals surface area contributed by atoms with Gasteiger partial charge in [-0.1, -0.05) is 19.0 Å². The van der Waals surface area contributed by atoms with E-state index in [2.05, 4.69) is 20.4 Å². The summed E-state index contributed by atoms with van der Waals surface area (Å²) in [5.74, 6) is 4.36. The van der Waals surface area contributed by atoms with Crippen molar-refractivity contribution in [1.82, 2.24) is 20.1 Å². The van der Waals surface area contributed by atoms with Crippen molar-refractivity contribution in [3.8, 4) is 0 Å². The minimum atomic E-state index is 0. The highest BCUT2D eigenvalue weighted by atomic mass is 35.5. The van der Waals surface area contributed by atoms with E-state index in [1.807, 2.05) is 19.9 Å². The maximum Gasteiger partial charge on any atom is 0.229 e. The number of aromatic nitrogens is 4. The second-order valence-electron chi connectivity index (χ2n) is 7.30. The Morgan fingerprint density at radius 3 is 2.46 bits per heavy atom. The van der Waals surface area contributed by atoms with Crippen molar-refractivity contribution in [3.05, 3.63) is 29.3 Å². The van der Waals surface area contributed by atoms with E-state index >= 15 is 0 Å². The Balaban J connectivity index is 0.00000121. The molecular weight excluding hydrogens is 375 g/mol. The van der Waals surface area contributed by atoms with Crippen LogP contribution in [-0.4, -0.2) is 26.2 Å². The van der Waals surface area contributed by atoms with Crippen LogP contribution in [0.4, 0.5) is 5.82 Å². The number of hydrogen-bond donors (Lipinski definition) is 2. The molecule has 0 radical (unpaired) electrons. The molecule has 7 nitrogen and oxygen atoms in total. The molecule has 2 aliphatic carbocycles. The van der Waals surface area contributed by atoms with Crippen LogP contribution in [0.3, 0.4) is 0 Å². The van der Waals surface area contributed by atoms with Crippen LogP contribution in [0.15, 0.2) is 10.6 Å². The molecule has 2 saturated carbocycles. The molecule has 2 heterocycles. The van der Waals surface area contributed by atoms with Gasteiger partial charge in [-0.15, -0.1) is 24.8 Å². The fraction of sp³-hybridized carbons (Fsp3) is 0.647. The molecule has 2 fully saturated rings. The summed E-state index contributed by atoms with van der Waals surface area (Å²) in [6.07, 6.45) is 4.41. The van der Waals surface area contributed by atoms with Crippen LogP contribution >= 0.6 is 24.8 Å². The van der Waals surface area contributed by atoms with Crippen LogP contribution in [0.5, 0.6) is 0 Å². The summed E-state index contributed by atoms with van der Waals surface area (Å²) in [7, 11) is 0. The van der Waals surface area contributed by atoms with Crippen LogP contribution in [0, 0.1) is 0 Å². The number of nitrogens with two attached hydrogens (primary N) is 1. The van der Waals surface area contributed by atoms with E-state index in [1.54, 1.807) is 0 Å². The largest absolute Gasteiger partial charge is 0.363 e. The molecule has 2 aromatic rings. The Bertz CT molecular complexity index is 728. The number of halogens is 2. The molecule has 26 heavy (non-hydrogen) atoms. The number of anilines is 1. The van der Waals surface area contributed by atoms with Crippen LogP contribution in [0.25, 0.3) is 0 Å². The highest BCUT2D eigenvalue weighted by Gasteiger charge is 2.32. The summed E-state index contributed by atoms with van der Waals surface area (Å²) in [4.78, 5) is 13.8. The van der Waals surface area contributed by atoms with Crippen LogP contribution in [-0.2, 0) is 6.54 Å². The van der Waals surface area contributed by atoms with E-state index in [1.165, 1.54) is 12.8 Å². The first-order chi connectivity index (χ1) is 11.6. The smallest absolute Gasteiger partial charge is 0.229 e. The zero-order chi connectivity index (χ0) is 16.7. The maximum absolute atomic E-state index is 5.93. The third kappa shape index (κ3) is 4.64. The molecule has 9 heteroatoms. The Kier molecular flexibility index (Phi) is 6.82. The molecule has 0 aliphatic heterocycles. The molecule has 0 amide bonds. The van der Waals surface area contributed by atoms with E-state index in [-0.39, 0.29) is 30.7 Å². The van der Waals surface area contributed by atoms with Gasteiger partial charge >= 0.3 is 0 Å². The van der Waals surface area contributed by atoms with Gasteiger partial charge in [0.2, 0.25) is 5.89 Å². The lowest BCUT2D eigenvalue weighted by Crippen LogP contribution is -2.35. The van der Waals surface area contributed by atoms with Gasteiger partial charge in [0.1, 0.15) is 11.6 Å². The maximum atomic E-state index is 5.93. The van der Waals surface area contributed by atoms with Crippen molar-refractivity contribution in [3.63, 3.8) is 0 Å². The molecule has 0 atom stereocenters. The second kappa shape index (κ2) is 8.50. The summed E-state index contributed by atoms with van der Waals surface area (Å²) in [6.45, 7) is 4.57. The Labute approximate surface area is 165 Å². The van der Waals surface area contributed by atoms with E-state index in [0.717, 1.165) is 30.2 Å². The first-order valence-electron chi connectivity index (χ1n) is 8.79. The fourth-order valence-electron chi connectivity index (χ4n) is 2.96. The lowest BCUT2D eigenvalue weighted by Gasteiger charge is -2.32. The first-order valence-corrected chi connectivity index (χ1v) is 8.79. The Hall–Kier alpha value is -1.44. The van der Waals surface area contributed by atoms with Crippen molar-refractivity contribution >= 4 is 30.6 Å². The van der Waals surface area contributed by atoms with Gasteiger partial charge in [0.25, 0.3) is 0 Å². The molecule has 0 saturated heterocycles. The van der Waals surface area contributed by atoms with Crippen molar-refractivity contribution in [2.24, 2.45) is 5.73 Å².